The van der Waals surface area contributed by atoms with E-state index in [1.165, 1.54) is 6.07 Å². The van der Waals surface area contributed by atoms with Crippen LogP contribution in [0, 0.1) is 5.82 Å². The number of benzene rings is 1. The Balaban J connectivity index is 2.20. The van der Waals surface area contributed by atoms with E-state index in [0.717, 1.165) is 17.7 Å². The summed E-state index contributed by atoms with van der Waals surface area (Å²) in [6.07, 6.45) is 4.56. The normalized spacial score (nSPS) is 10.7. The third-order valence-electron chi connectivity index (χ3n) is 3.13. The van der Waals surface area contributed by atoms with Crippen molar-refractivity contribution in [2.45, 2.75) is 19.9 Å². The van der Waals surface area contributed by atoms with Gasteiger partial charge in [0.25, 0.3) is 0 Å². The first kappa shape index (κ1) is 15.2. The van der Waals surface area contributed by atoms with Crippen LogP contribution in [0.3, 0.4) is 0 Å². The van der Waals surface area contributed by atoms with Crippen LogP contribution in [0.15, 0.2) is 24.5 Å². The van der Waals surface area contributed by atoms with E-state index in [0.29, 0.717) is 18.8 Å². The zero-order chi connectivity index (χ0) is 15.4. The number of nitrogens with two attached hydrogens (primary N) is 1. The molecule has 0 amide bonds. The molecule has 0 radical (unpaired) electrons. The number of hydrogen-bond acceptors (Lipinski definition) is 4. The molecule has 0 aliphatic heterocycles. The van der Waals surface area contributed by atoms with Gasteiger partial charge in [-0.05, 0) is 6.42 Å². The van der Waals surface area contributed by atoms with Crippen molar-refractivity contribution in [3.05, 3.63) is 35.9 Å². The minimum Gasteiger partial charge on any atom is -0.490 e. The molecule has 6 heteroatoms. The zero-order valence-electron chi connectivity index (χ0n) is 12.6. The second-order valence-corrected chi connectivity index (χ2v) is 5.07. The van der Waals surface area contributed by atoms with Crippen molar-refractivity contribution in [1.82, 2.24) is 9.78 Å². The molecule has 114 valence electrons. The van der Waals surface area contributed by atoms with Crippen LogP contribution >= 0.6 is 0 Å². The summed E-state index contributed by atoms with van der Waals surface area (Å²) in [6.45, 7) is 3.09. The van der Waals surface area contributed by atoms with Crippen molar-refractivity contribution in [3.8, 4) is 5.75 Å². The Hall–Kier alpha value is -2.24. The Morgan fingerprint density at radius 3 is 2.81 bits per heavy atom. The van der Waals surface area contributed by atoms with E-state index in [2.05, 4.69) is 5.10 Å². The van der Waals surface area contributed by atoms with Crippen LogP contribution in [-0.2, 0) is 13.6 Å². The summed E-state index contributed by atoms with van der Waals surface area (Å²) in [4.78, 5) is 1.95. The summed E-state index contributed by atoms with van der Waals surface area (Å²) in [5, 5.41) is 4.13. The van der Waals surface area contributed by atoms with Gasteiger partial charge < -0.3 is 15.4 Å². The number of anilines is 2. The van der Waals surface area contributed by atoms with Gasteiger partial charge in [-0.2, -0.15) is 5.10 Å². The van der Waals surface area contributed by atoms with Crippen molar-refractivity contribution in [3.63, 3.8) is 0 Å². The van der Waals surface area contributed by atoms with Crippen molar-refractivity contribution in [1.29, 1.82) is 0 Å². The maximum Gasteiger partial charge on any atom is 0.167 e. The van der Waals surface area contributed by atoms with Crippen LogP contribution in [0.1, 0.15) is 18.9 Å². The van der Waals surface area contributed by atoms with E-state index in [1.54, 1.807) is 16.9 Å². The maximum absolute atomic E-state index is 13.8. The molecule has 0 saturated heterocycles. The van der Waals surface area contributed by atoms with Crippen LogP contribution in [0.2, 0.25) is 0 Å². The predicted molar refractivity (Wildman–Crippen MR) is 81.9 cm³/mol. The molecule has 2 rings (SSSR count). The SMILES string of the molecule is CCCOc1cc(N(C)Cc2cnn(C)c2)c(N)cc1F. The topological polar surface area (TPSA) is 56.3 Å². The van der Waals surface area contributed by atoms with Crippen molar-refractivity contribution >= 4 is 11.4 Å². The first-order valence-electron chi connectivity index (χ1n) is 6.91. The van der Waals surface area contributed by atoms with Gasteiger partial charge in [0, 0.05) is 44.5 Å². The van der Waals surface area contributed by atoms with Gasteiger partial charge in [0.1, 0.15) is 0 Å². The molecule has 0 atom stereocenters. The minimum absolute atomic E-state index is 0.235. The van der Waals surface area contributed by atoms with Crippen molar-refractivity contribution < 1.29 is 9.13 Å². The average Bonchev–Trinajstić information content (AvgIpc) is 2.83. The van der Waals surface area contributed by atoms with Crippen LogP contribution in [-0.4, -0.2) is 23.4 Å². The highest BCUT2D eigenvalue weighted by Gasteiger charge is 2.13. The quantitative estimate of drug-likeness (QED) is 0.831. The number of aromatic nitrogens is 2. The second kappa shape index (κ2) is 6.47. The fourth-order valence-electron chi connectivity index (χ4n) is 2.12. The molecular formula is C15H21FN4O. The van der Waals surface area contributed by atoms with Gasteiger partial charge in [-0.1, -0.05) is 6.92 Å². The molecule has 0 aliphatic rings. The Kier molecular flexibility index (Phi) is 4.67. The van der Waals surface area contributed by atoms with Crippen LogP contribution in [0.4, 0.5) is 15.8 Å². The second-order valence-electron chi connectivity index (χ2n) is 5.07. The third-order valence-corrected chi connectivity index (χ3v) is 3.13. The van der Waals surface area contributed by atoms with Gasteiger partial charge in [0.2, 0.25) is 0 Å². The molecule has 1 aromatic carbocycles. The zero-order valence-corrected chi connectivity index (χ0v) is 12.6. The molecule has 0 aliphatic carbocycles. The van der Waals surface area contributed by atoms with E-state index in [9.17, 15) is 4.39 Å². The van der Waals surface area contributed by atoms with E-state index < -0.39 is 5.82 Å². The lowest BCUT2D eigenvalue weighted by Gasteiger charge is -2.21. The standard InChI is InChI=1S/C15H21FN4O/c1-4-5-21-15-7-14(13(17)6-12(15)16)19(2)9-11-8-18-20(3)10-11/h6-8,10H,4-5,9,17H2,1-3H3. The Labute approximate surface area is 124 Å². The van der Waals surface area contributed by atoms with E-state index in [1.807, 2.05) is 32.1 Å². The van der Waals surface area contributed by atoms with Gasteiger partial charge >= 0.3 is 0 Å². The maximum atomic E-state index is 13.8. The predicted octanol–water partition coefficient (Wildman–Crippen LogP) is 2.57. The molecule has 1 heterocycles. The summed E-state index contributed by atoms with van der Waals surface area (Å²) in [7, 11) is 3.77. The molecule has 21 heavy (non-hydrogen) atoms. The third kappa shape index (κ3) is 3.65. The lowest BCUT2D eigenvalue weighted by molar-refractivity contribution is 0.301. The van der Waals surface area contributed by atoms with Gasteiger partial charge in [-0.15, -0.1) is 0 Å². The van der Waals surface area contributed by atoms with Crippen LogP contribution in [0.5, 0.6) is 5.75 Å². The molecule has 2 aromatic rings. The van der Waals surface area contributed by atoms with Gasteiger partial charge in [0.05, 0.1) is 24.2 Å². The van der Waals surface area contributed by atoms with Crippen LogP contribution in [0.25, 0.3) is 0 Å². The fraction of sp³-hybridized carbons (Fsp3) is 0.400. The minimum atomic E-state index is -0.431. The number of halogens is 1. The highest BCUT2D eigenvalue weighted by atomic mass is 19.1. The number of hydrogen-bond donors (Lipinski definition) is 1. The van der Waals surface area contributed by atoms with E-state index in [-0.39, 0.29) is 5.75 Å². The van der Waals surface area contributed by atoms with E-state index in [4.69, 9.17) is 10.5 Å². The first-order chi connectivity index (χ1) is 10.0. The van der Waals surface area contributed by atoms with Gasteiger partial charge in [-0.3, -0.25) is 4.68 Å². The molecule has 0 fully saturated rings. The number of rotatable bonds is 6. The summed E-state index contributed by atoms with van der Waals surface area (Å²) < 4.78 is 21.0. The molecule has 2 N–H and O–H groups in total. The van der Waals surface area contributed by atoms with Gasteiger partial charge in [0.15, 0.2) is 11.6 Å². The first-order valence-corrected chi connectivity index (χ1v) is 6.91. The lowest BCUT2D eigenvalue weighted by Crippen LogP contribution is -2.18. The van der Waals surface area contributed by atoms with Crippen molar-refractivity contribution in [2.24, 2.45) is 7.05 Å². The monoisotopic (exact) mass is 292 g/mol. The summed E-state index contributed by atoms with van der Waals surface area (Å²) in [6, 6.07) is 2.96. The molecular weight excluding hydrogens is 271 g/mol. The number of nitrogens with zero attached hydrogens (tertiary/aromatic N) is 3. The Morgan fingerprint density at radius 2 is 2.19 bits per heavy atom. The highest BCUT2D eigenvalue weighted by molar-refractivity contribution is 5.69. The molecule has 0 saturated carbocycles. The summed E-state index contributed by atoms with van der Waals surface area (Å²) in [5.41, 5.74) is 8.11. The molecule has 5 nitrogen and oxygen atoms in total. The fourth-order valence-corrected chi connectivity index (χ4v) is 2.12. The molecule has 1 aromatic heterocycles. The smallest absolute Gasteiger partial charge is 0.167 e. The number of nitrogen functional groups attached to an aromatic ring is 1. The largest absolute Gasteiger partial charge is 0.490 e. The Bertz CT molecular complexity index is 612. The van der Waals surface area contributed by atoms with Crippen LogP contribution < -0.4 is 15.4 Å². The highest BCUT2D eigenvalue weighted by Crippen LogP contribution is 2.31. The average molecular weight is 292 g/mol. The molecule has 0 spiro atoms. The molecule has 0 unspecified atom stereocenters. The van der Waals surface area contributed by atoms with Gasteiger partial charge in [-0.25, -0.2) is 4.39 Å². The number of aryl methyl sites for hydroxylation is 1. The Morgan fingerprint density at radius 1 is 1.43 bits per heavy atom. The van der Waals surface area contributed by atoms with Crippen molar-refractivity contribution in [2.75, 3.05) is 24.3 Å². The van der Waals surface area contributed by atoms with E-state index >= 15 is 0 Å². The lowest BCUT2D eigenvalue weighted by atomic mass is 10.2. The summed E-state index contributed by atoms with van der Waals surface area (Å²) >= 11 is 0. The number of ether oxygens (including phenoxy) is 1. The molecule has 0 bridgehead atoms. The summed E-state index contributed by atoms with van der Waals surface area (Å²) in [5.74, 6) is -0.196.